The maximum atomic E-state index is 12.4. The van der Waals surface area contributed by atoms with Gasteiger partial charge in [0.05, 0.1) is 12.7 Å². The highest BCUT2D eigenvalue weighted by Gasteiger charge is 2.50. The molecule has 0 aliphatic carbocycles. The van der Waals surface area contributed by atoms with E-state index in [1.54, 1.807) is 7.11 Å². The van der Waals surface area contributed by atoms with Gasteiger partial charge in [0.1, 0.15) is 11.9 Å². The summed E-state index contributed by atoms with van der Waals surface area (Å²) >= 11 is 0. The molecule has 0 saturated carbocycles. The van der Waals surface area contributed by atoms with E-state index in [1.165, 1.54) is 0 Å². The van der Waals surface area contributed by atoms with Crippen molar-refractivity contribution in [3.63, 3.8) is 0 Å². The lowest BCUT2D eigenvalue weighted by Crippen LogP contribution is -2.33. The molecular weight excluding hydrogens is 254 g/mol. The van der Waals surface area contributed by atoms with Crippen LogP contribution in [0.15, 0.2) is 24.3 Å². The van der Waals surface area contributed by atoms with Crippen LogP contribution >= 0.6 is 0 Å². The van der Waals surface area contributed by atoms with Gasteiger partial charge >= 0.3 is 0 Å². The number of benzene rings is 1. The number of nitrogens with zero attached hydrogens (tertiary/aromatic N) is 1. The molecule has 1 aromatic carbocycles. The molecule has 0 spiro atoms. The third kappa shape index (κ3) is 2.40. The standard InChI is InChI=1S/C16H21NO3/c1-16(2)8-12-10-17(15(18)14(12)20-16)9-11-4-6-13(19-3)7-5-11/h4-7,12,14H,8-10H2,1-3H3. The fourth-order valence-corrected chi connectivity index (χ4v) is 3.29. The first-order chi connectivity index (χ1) is 9.48. The molecule has 0 N–H and O–H groups in total. The van der Waals surface area contributed by atoms with Gasteiger partial charge in [0.15, 0.2) is 0 Å². The lowest BCUT2D eigenvalue weighted by molar-refractivity contribution is -0.141. The van der Waals surface area contributed by atoms with Crippen molar-refractivity contribution in [3.05, 3.63) is 29.8 Å². The Morgan fingerprint density at radius 3 is 2.65 bits per heavy atom. The Morgan fingerprint density at radius 1 is 1.35 bits per heavy atom. The fraction of sp³-hybridized carbons (Fsp3) is 0.562. The van der Waals surface area contributed by atoms with E-state index < -0.39 is 0 Å². The van der Waals surface area contributed by atoms with Crippen LogP contribution in [0.4, 0.5) is 0 Å². The summed E-state index contributed by atoms with van der Waals surface area (Å²) in [5.74, 6) is 1.32. The molecule has 2 fully saturated rings. The summed E-state index contributed by atoms with van der Waals surface area (Å²) in [5.41, 5.74) is 0.968. The van der Waals surface area contributed by atoms with E-state index in [9.17, 15) is 4.79 Å². The van der Waals surface area contributed by atoms with E-state index in [0.29, 0.717) is 12.5 Å². The molecule has 0 aromatic heterocycles. The normalized spacial score (nSPS) is 27.8. The molecule has 2 aliphatic heterocycles. The molecule has 108 valence electrons. The van der Waals surface area contributed by atoms with Crippen LogP contribution in [-0.2, 0) is 16.1 Å². The molecule has 1 amide bonds. The molecule has 2 unspecified atom stereocenters. The van der Waals surface area contributed by atoms with Gasteiger partial charge in [0.25, 0.3) is 5.91 Å². The second-order valence-corrected chi connectivity index (χ2v) is 6.33. The van der Waals surface area contributed by atoms with Crippen molar-refractivity contribution in [1.82, 2.24) is 4.90 Å². The minimum atomic E-state index is -0.233. The number of ether oxygens (including phenoxy) is 2. The summed E-state index contributed by atoms with van der Waals surface area (Å²) in [7, 11) is 1.65. The Kier molecular flexibility index (Phi) is 3.21. The second kappa shape index (κ2) is 4.77. The zero-order valence-corrected chi connectivity index (χ0v) is 12.3. The average Bonchev–Trinajstić information content (AvgIpc) is 2.85. The quantitative estimate of drug-likeness (QED) is 0.849. The number of fused-ring (bicyclic) bond motifs is 1. The van der Waals surface area contributed by atoms with Crippen molar-refractivity contribution in [2.75, 3.05) is 13.7 Å². The summed E-state index contributed by atoms with van der Waals surface area (Å²) in [6, 6.07) is 7.86. The molecule has 2 heterocycles. The van der Waals surface area contributed by atoms with E-state index in [0.717, 1.165) is 24.3 Å². The first-order valence-electron chi connectivity index (χ1n) is 7.08. The van der Waals surface area contributed by atoms with Crippen molar-refractivity contribution in [2.24, 2.45) is 5.92 Å². The fourth-order valence-electron chi connectivity index (χ4n) is 3.29. The number of carbonyl (C=O) groups is 1. The molecule has 2 aliphatic rings. The van der Waals surface area contributed by atoms with E-state index in [-0.39, 0.29) is 17.6 Å². The molecule has 0 radical (unpaired) electrons. The van der Waals surface area contributed by atoms with Gasteiger partial charge in [-0.15, -0.1) is 0 Å². The Hall–Kier alpha value is -1.55. The molecule has 2 saturated heterocycles. The first kappa shape index (κ1) is 13.4. The van der Waals surface area contributed by atoms with Crippen LogP contribution in [0, 0.1) is 5.92 Å². The van der Waals surface area contributed by atoms with Crippen molar-refractivity contribution >= 4 is 5.91 Å². The number of likely N-dealkylation sites (tertiary alicyclic amines) is 1. The maximum absolute atomic E-state index is 12.4. The highest BCUT2D eigenvalue weighted by molar-refractivity contribution is 5.84. The molecule has 3 rings (SSSR count). The van der Waals surface area contributed by atoms with Crippen LogP contribution in [0.25, 0.3) is 0 Å². The van der Waals surface area contributed by atoms with Crippen LogP contribution in [0.2, 0.25) is 0 Å². The summed E-state index contributed by atoms with van der Waals surface area (Å²) in [4.78, 5) is 14.3. The predicted molar refractivity (Wildman–Crippen MR) is 75.5 cm³/mol. The summed E-state index contributed by atoms with van der Waals surface area (Å²) < 4.78 is 11.0. The average molecular weight is 275 g/mol. The molecule has 0 bridgehead atoms. The zero-order valence-electron chi connectivity index (χ0n) is 12.3. The second-order valence-electron chi connectivity index (χ2n) is 6.33. The van der Waals surface area contributed by atoms with Crippen LogP contribution < -0.4 is 4.74 Å². The SMILES string of the molecule is COc1ccc(CN2CC3CC(C)(C)OC3C2=O)cc1. The number of rotatable bonds is 3. The Labute approximate surface area is 119 Å². The molecule has 4 heteroatoms. The van der Waals surface area contributed by atoms with Crippen LogP contribution in [0.3, 0.4) is 0 Å². The van der Waals surface area contributed by atoms with Crippen molar-refractivity contribution in [2.45, 2.75) is 38.5 Å². The van der Waals surface area contributed by atoms with Crippen molar-refractivity contribution in [1.29, 1.82) is 0 Å². The Morgan fingerprint density at radius 2 is 2.05 bits per heavy atom. The number of hydrogen-bond donors (Lipinski definition) is 0. The molecule has 2 atom stereocenters. The molecule has 1 aromatic rings. The predicted octanol–water partition coefficient (Wildman–Crippen LogP) is 2.22. The zero-order chi connectivity index (χ0) is 14.3. The van der Waals surface area contributed by atoms with E-state index >= 15 is 0 Å². The Bertz CT molecular complexity index is 509. The highest BCUT2D eigenvalue weighted by atomic mass is 16.5. The maximum Gasteiger partial charge on any atom is 0.252 e. The summed E-state index contributed by atoms with van der Waals surface area (Å²) in [6.07, 6.45) is 0.728. The topological polar surface area (TPSA) is 38.8 Å². The van der Waals surface area contributed by atoms with Gasteiger partial charge < -0.3 is 14.4 Å². The van der Waals surface area contributed by atoms with Gasteiger partial charge in [0, 0.05) is 19.0 Å². The lowest BCUT2D eigenvalue weighted by atomic mass is 9.96. The van der Waals surface area contributed by atoms with Gasteiger partial charge in [-0.3, -0.25) is 4.79 Å². The third-order valence-electron chi connectivity index (χ3n) is 4.17. The summed E-state index contributed by atoms with van der Waals surface area (Å²) in [6.45, 7) is 5.58. The third-order valence-corrected chi connectivity index (χ3v) is 4.17. The Balaban J connectivity index is 1.67. The highest BCUT2D eigenvalue weighted by Crippen LogP contribution is 2.40. The lowest BCUT2D eigenvalue weighted by Gasteiger charge is -2.23. The minimum absolute atomic E-state index is 0.136. The molecule has 4 nitrogen and oxygen atoms in total. The van der Waals surface area contributed by atoms with Gasteiger partial charge in [-0.1, -0.05) is 12.1 Å². The smallest absolute Gasteiger partial charge is 0.252 e. The number of methoxy groups -OCH3 is 1. The first-order valence-corrected chi connectivity index (χ1v) is 7.08. The largest absolute Gasteiger partial charge is 0.497 e. The van der Waals surface area contributed by atoms with Gasteiger partial charge in [-0.25, -0.2) is 0 Å². The van der Waals surface area contributed by atoms with Gasteiger partial charge in [-0.05, 0) is 38.0 Å². The van der Waals surface area contributed by atoms with Crippen molar-refractivity contribution < 1.29 is 14.3 Å². The minimum Gasteiger partial charge on any atom is -0.497 e. The van der Waals surface area contributed by atoms with E-state index in [2.05, 4.69) is 13.8 Å². The number of hydrogen-bond acceptors (Lipinski definition) is 3. The van der Waals surface area contributed by atoms with Crippen LogP contribution in [-0.4, -0.2) is 36.2 Å². The van der Waals surface area contributed by atoms with Crippen LogP contribution in [0.1, 0.15) is 25.8 Å². The van der Waals surface area contributed by atoms with E-state index in [1.807, 2.05) is 29.2 Å². The van der Waals surface area contributed by atoms with Crippen LogP contribution in [0.5, 0.6) is 5.75 Å². The molecule has 20 heavy (non-hydrogen) atoms. The van der Waals surface area contributed by atoms with E-state index in [4.69, 9.17) is 9.47 Å². The van der Waals surface area contributed by atoms with Crippen molar-refractivity contribution in [3.8, 4) is 5.75 Å². The van der Waals surface area contributed by atoms with Gasteiger partial charge in [0.2, 0.25) is 0 Å². The monoisotopic (exact) mass is 275 g/mol. The number of carbonyl (C=O) groups excluding carboxylic acids is 1. The summed E-state index contributed by atoms with van der Waals surface area (Å²) in [5, 5.41) is 0. The molecular formula is C16H21NO3. The van der Waals surface area contributed by atoms with Gasteiger partial charge in [-0.2, -0.15) is 0 Å². The number of amides is 1.